The molecule has 0 bridgehead atoms. The average molecular weight is 339 g/mol. The van der Waals surface area contributed by atoms with Crippen LogP contribution in [0.3, 0.4) is 0 Å². The molecule has 2 aliphatic heterocycles. The number of anilines is 1. The molecule has 25 heavy (non-hydrogen) atoms. The quantitative estimate of drug-likeness (QED) is 0.845. The third kappa shape index (κ3) is 2.77. The predicted molar refractivity (Wildman–Crippen MR) is 93.4 cm³/mol. The van der Waals surface area contributed by atoms with Crippen LogP contribution in [-0.2, 0) is 18.4 Å². The third-order valence-electron chi connectivity index (χ3n) is 5.08. The van der Waals surface area contributed by atoms with E-state index in [4.69, 9.17) is 4.74 Å². The van der Waals surface area contributed by atoms with Crippen molar-refractivity contribution in [2.45, 2.75) is 25.5 Å². The molecular weight excluding hydrogens is 318 g/mol. The van der Waals surface area contributed by atoms with E-state index in [-0.39, 0.29) is 18.0 Å². The summed E-state index contributed by atoms with van der Waals surface area (Å²) in [7, 11) is 1.88. The van der Waals surface area contributed by atoms with Gasteiger partial charge in [-0.05, 0) is 31.0 Å². The van der Waals surface area contributed by atoms with Crippen molar-refractivity contribution in [3.63, 3.8) is 0 Å². The number of carbonyl (C=O) groups is 2. The highest BCUT2D eigenvalue weighted by Crippen LogP contribution is 2.31. The Kier molecular flexibility index (Phi) is 3.95. The molecule has 0 N–H and O–H groups in total. The smallest absolute Gasteiger partial charge is 0.414 e. The first kappa shape index (κ1) is 15.7. The first-order valence-electron chi connectivity index (χ1n) is 8.59. The number of carbonyl (C=O) groups excluding carboxylic acids is 2. The fourth-order valence-corrected chi connectivity index (χ4v) is 3.69. The lowest BCUT2D eigenvalue weighted by Gasteiger charge is -2.40. The van der Waals surface area contributed by atoms with Gasteiger partial charge in [0.1, 0.15) is 12.3 Å². The number of hydrogen-bond donors (Lipinski definition) is 0. The van der Waals surface area contributed by atoms with Gasteiger partial charge in [0.25, 0.3) is 5.91 Å². The predicted octanol–water partition coefficient (Wildman–Crippen LogP) is 2.79. The summed E-state index contributed by atoms with van der Waals surface area (Å²) in [6.45, 7) is 1.61. The van der Waals surface area contributed by atoms with E-state index in [0.717, 1.165) is 24.1 Å². The van der Waals surface area contributed by atoms with Gasteiger partial charge in [-0.2, -0.15) is 0 Å². The molecule has 1 fully saturated rings. The lowest BCUT2D eigenvalue weighted by atomic mass is 10.0. The SMILES string of the molecule is Cn1cccc1C(=O)N1CCC(N2C(=O)OCc3ccccc32)CC1. The summed E-state index contributed by atoms with van der Waals surface area (Å²) in [5.41, 5.74) is 2.66. The van der Waals surface area contributed by atoms with Gasteiger partial charge in [-0.25, -0.2) is 4.79 Å². The van der Waals surface area contributed by atoms with Crippen molar-refractivity contribution in [2.75, 3.05) is 18.0 Å². The summed E-state index contributed by atoms with van der Waals surface area (Å²) >= 11 is 0. The fraction of sp³-hybridized carbons (Fsp3) is 0.368. The number of piperidine rings is 1. The first-order valence-corrected chi connectivity index (χ1v) is 8.59. The zero-order valence-corrected chi connectivity index (χ0v) is 14.2. The Balaban J connectivity index is 1.48. The molecule has 6 nitrogen and oxygen atoms in total. The van der Waals surface area contributed by atoms with Crippen LogP contribution in [0.25, 0.3) is 0 Å². The molecule has 1 saturated heterocycles. The van der Waals surface area contributed by atoms with Gasteiger partial charge in [0.2, 0.25) is 0 Å². The highest BCUT2D eigenvalue weighted by Gasteiger charge is 2.35. The Labute approximate surface area is 146 Å². The van der Waals surface area contributed by atoms with Crippen LogP contribution in [0.5, 0.6) is 0 Å². The molecule has 0 spiro atoms. The van der Waals surface area contributed by atoms with Crippen LogP contribution in [0.2, 0.25) is 0 Å². The molecule has 6 heteroatoms. The minimum absolute atomic E-state index is 0.0487. The molecule has 3 heterocycles. The highest BCUT2D eigenvalue weighted by atomic mass is 16.6. The molecule has 0 saturated carbocycles. The second-order valence-corrected chi connectivity index (χ2v) is 6.58. The number of nitrogens with zero attached hydrogens (tertiary/aromatic N) is 3. The number of aryl methyl sites for hydroxylation is 1. The van der Waals surface area contributed by atoms with Gasteiger partial charge in [0.15, 0.2) is 0 Å². The molecule has 2 aliphatic rings. The van der Waals surface area contributed by atoms with Gasteiger partial charge in [-0.1, -0.05) is 18.2 Å². The summed E-state index contributed by atoms with van der Waals surface area (Å²) in [5, 5.41) is 0. The normalized spacial score (nSPS) is 18.0. The zero-order chi connectivity index (χ0) is 17.4. The van der Waals surface area contributed by atoms with Gasteiger partial charge in [-0.15, -0.1) is 0 Å². The van der Waals surface area contributed by atoms with Crippen molar-refractivity contribution in [1.82, 2.24) is 9.47 Å². The van der Waals surface area contributed by atoms with Gasteiger partial charge in [0, 0.05) is 37.9 Å². The molecule has 4 rings (SSSR count). The van der Waals surface area contributed by atoms with Crippen molar-refractivity contribution in [2.24, 2.45) is 7.05 Å². The van der Waals surface area contributed by atoms with Crippen molar-refractivity contribution < 1.29 is 14.3 Å². The Hall–Kier alpha value is -2.76. The van der Waals surface area contributed by atoms with E-state index >= 15 is 0 Å². The molecule has 130 valence electrons. The molecule has 0 aliphatic carbocycles. The van der Waals surface area contributed by atoms with Crippen LogP contribution < -0.4 is 4.90 Å². The minimum atomic E-state index is -0.286. The van der Waals surface area contributed by atoms with E-state index < -0.39 is 0 Å². The maximum absolute atomic E-state index is 12.6. The van der Waals surface area contributed by atoms with Crippen LogP contribution in [0.15, 0.2) is 42.6 Å². The van der Waals surface area contributed by atoms with Crippen molar-refractivity contribution in [3.05, 3.63) is 53.9 Å². The fourth-order valence-electron chi connectivity index (χ4n) is 3.69. The maximum atomic E-state index is 12.6. The summed E-state index contributed by atoms with van der Waals surface area (Å²) in [6, 6.07) is 11.6. The molecule has 0 radical (unpaired) electrons. The number of cyclic esters (lactones) is 1. The van der Waals surface area contributed by atoms with E-state index in [0.29, 0.717) is 25.4 Å². The second-order valence-electron chi connectivity index (χ2n) is 6.58. The average Bonchev–Trinajstić information content (AvgIpc) is 3.07. The Morgan fingerprint density at radius 2 is 1.88 bits per heavy atom. The van der Waals surface area contributed by atoms with Crippen molar-refractivity contribution in [3.8, 4) is 0 Å². The first-order chi connectivity index (χ1) is 12.1. The molecule has 0 unspecified atom stereocenters. The summed E-state index contributed by atoms with van der Waals surface area (Å²) in [4.78, 5) is 28.6. The lowest BCUT2D eigenvalue weighted by Crippen LogP contribution is -2.50. The number of likely N-dealkylation sites (tertiary alicyclic amines) is 1. The van der Waals surface area contributed by atoms with Crippen LogP contribution in [-0.4, -0.2) is 40.6 Å². The number of para-hydroxylation sites is 1. The number of rotatable bonds is 2. The molecule has 1 aromatic carbocycles. The van der Waals surface area contributed by atoms with Gasteiger partial charge in [0.05, 0.1) is 5.69 Å². The number of hydrogen-bond acceptors (Lipinski definition) is 3. The third-order valence-corrected chi connectivity index (χ3v) is 5.08. The van der Waals surface area contributed by atoms with Gasteiger partial charge in [-0.3, -0.25) is 9.69 Å². The van der Waals surface area contributed by atoms with Crippen molar-refractivity contribution >= 4 is 17.7 Å². The lowest BCUT2D eigenvalue weighted by molar-refractivity contribution is 0.0699. The number of amides is 2. The van der Waals surface area contributed by atoms with Crippen LogP contribution in [0.1, 0.15) is 28.9 Å². The molecular formula is C19H21N3O3. The molecule has 1 aromatic heterocycles. The Morgan fingerprint density at radius 3 is 2.60 bits per heavy atom. The standard InChI is InChI=1S/C19H21N3O3/c1-20-10-4-7-17(20)18(23)21-11-8-15(9-12-21)22-16-6-3-2-5-14(16)13-25-19(22)24/h2-7,10,15H,8-9,11-13H2,1H3. The van der Waals surface area contributed by atoms with Crippen LogP contribution in [0, 0.1) is 0 Å². The van der Waals surface area contributed by atoms with E-state index in [1.165, 1.54) is 0 Å². The molecule has 2 aromatic rings. The number of aromatic nitrogens is 1. The van der Waals surface area contributed by atoms with Crippen LogP contribution in [0.4, 0.5) is 10.5 Å². The number of fused-ring (bicyclic) bond motifs is 1. The zero-order valence-electron chi connectivity index (χ0n) is 14.2. The maximum Gasteiger partial charge on any atom is 0.414 e. The summed E-state index contributed by atoms with van der Waals surface area (Å²) in [5.74, 6) is 0.0487. The topological polar surface area (TPSA) is 54.8 Å². The van der Waals surface area contributed by atoms with E-state index in [2.05, 4.69) is 0 Å². The summed E-state index contributed by atoms with van der Waals surface area (Å²) in [6.07, 6.45) is 3.09. The largest absolute Gasteiger partial charge is 0.444 e. The highest BCUT2D eigenvalue weighted by molar-refractivity contribution is 5.93. The Bertz CT molecular complexity index is 806. The van der Waals surface area contributed by atoms with Crippen molar-refractivity contribution in [1.29, 1.82) is 0 Å². The minimum Gasteiger partial charge on any atom is -0.444 e. The Morgan fingerprint density at radius 1 is 1.12 bits per heavy atom. The number of ether oxygens (including phenoxy) is 1. The second kappa shape index (κ2) is 6.27. The monoisotopic (exact) mass is 339 g/mol. The van der Waals surface area contributed by atoms with Crippen LogP contribution >= 0.6 is 0 Å². The van der Waals surface area contributed by atoms with Gasteiger partial charge >= 0.3 is 6.09 Å². The number of benzene rings is 1. The van der Waals surface area contributed by atoms with E-state index in [1.54, 1.807) is 4.90 Å². The summed E-state index contributed by atoms with van der Waals surface area (Å²) < 4.78 is 7.16. The molecule has 0 atom stereocenters. The van der Waals surface area contributed by atoms with Gasteiger partial charge < -0.3 is 14.2 Å². The van der Waals surface area contributed by atoms with E-state index in [9.17, 15) is 9.59 Å². The van der Waals surface area contributed by atoms with E-state index in [1.807, 2.05) is 59.1 Å². The molecule has 2 amide bonds.